The number of hydrogen-bond donors (Lipinski definition) is 1. The quantitative estimate of drug-likeness (QED) is 0.842. The summed E-state index contributed by atoms with van der Waals surface area (Å²) >= 11 is 0. The molecule has 1 aromatic carbocycles. The predicted octanol–water partition coefficient (Wildman–Crippen LogP) is 4.31. The zero-order valence-electron chi connectivity index (χ0n) is 17.6. The van der Waals surface area contributed by atoms with Gasteiger partial charge in [-0.15, -0.1) is 0 Å². The van der Waals surface area contributed by atoms with Gasteiger partial charge in [0.15, 0.2) is 5.69 Å². The highest BCUT2D eigenvalue weighted by Crippen LogP contribution is 2.61. The first-order chi connectivity index (χ1) is 13.9. The molecule has 4 bridgehead atoms. The molecule has 5 heteroatoms. The Morgan fingerprint density at radius 3 is 2.14 bits per heavy atom. The number of carbonyl (C=O) groups is 1. The second-order valence-corrected chi connectivity index (χ2v) is 10.2. The topological polar surface area (TPSA) is 64.0 Å². The first-order valence-electron chi connectivity index (χ1n) is 11.2. The van der Waals surface area contributed by atoms with E-state index in [9.17, 15) is 9.59 Å². The SMILES string of the molecule is CC(C)n1nc(C(=O)NC(C)C23CC4CC(CC(C4)C2)C3)c2ccccc2c1=O. The van der Waals surface area contributed by atoms with Crippen LogP contribution in [0, 0.1) is 23.2 Å². The molecule has 1 heterocycles. The minimum Gasteiger partial charge on any atom is -0.348 e. The molecule has 4 aliphatic carbocycles. The fourth-order valence-corrected chi connectivity index (χ4v) is 6.85. The number of rotatable bonds is 4. The highest BCUT2D eigenvalue weighted by molar-refractivity contribution is 6.04. The average Bonchev–Trinajstić information content (AvgIpc) is 2.67. The number of carbonyl (C=O) groups excluding carboxylic acids is 1. The van der Waals surface area contributed by atoms with Crippen LogP contribution in [0.25, 0.3) is 10.8 Å². The molecule has 0 spiro atoms. The third-order valence-corrected chi connectivity index (χ3v) is 7.88. The van der Waals surface area contributed by atoms with E-state index in [2.05, 4.69) is 17.3 Å². The average molecular weight is 394 g/mol. The second kappa shape index (κ2) is 6.68. The number of benzene rings is 1. The molecule has 154 valence electrons. The van der Waals surface area contributed by atoms with Crippen LogP contribution in [0.3, 0.4) is 0 Å². The second-order valence-electron chi connectivity index (χ2n) is 10.2. The highest BCUT2D eigenvalue weighted by atomic mass is 16.2. The van der Waals surface area contributed by atoms with Crippen molar-refractivity contribution in [3.05, 3.63) is 40.3 Å². The molecule has 5 nitrogen and oxygen atoms in total. The molecule has 6 rings (SSSR count). The number of amides is 1. The molecule has 1 aromatic heterocycles. The van der Waals surface area contributed by atoms with Crippen molar-refractivity contribution in [3.8, 4) is 0 Å². The summed E-state index contributed by atoms with van der Waals surface area (Å²) in [6.07, 6.45) is 7.93. The summed E-state index contributed by atoms with van der Waals surface area (Å²) in [6, 6.07) is 7.36. The van der Waals surface area contributed by atoms with E-state index < -0.39 is 0 Å². The molecule has 0 aliphatic heterocycles. The van der Waals surface area contributed by atoms with E-state index in [0.717, 1.165) is 17.8 Å². The van der Waals surface area contributed by atoms with Gasteiger partial charge in [-0.1, -0.05) is 18.2 Å². The van der Waals surface area contributed by atoms with Gasteiger partial charge < -0.3 is 5.32 Å². The Bertz CT molecular complexity index is 987. The lowest BCUT2D eigenvalue weighted by atomic mass is 9.48. The standard InChI is InChI=1S/C24H31N3O2/c1-14(2)27-23(29)20-7-5-4-6-19(20)21(26-27)22(28)25-15(3)24-11-16-8-17(12-24)10-18(9-16)13-24/h4-7,14-18H,8-13H2,1-3H3,(H,25,28). The van der Waals surface area contributed by atoms with Gasteiger partial charge in [-0.05, 0) is 88.5 Å². The Hall–Kier alpha value is -2.17. The van der Waals surface area contributed by atoms with E-state index in [1.807, 2.05) is 32.0 Å². The van der Waals surface area contributed by atoms with E-state index >= 15 is 0 Å². The predicted molar refractivity (Wildman–Crippen MR) is 114 cm³/mol. The van der Waals surface area contributed by atoms with Crippen LogP contribution in [-0.2, 0) is 0 Å². The monoisotopic (exact) mass is 393 g/mol. The Balaban J connectivity index is 1.48. The lowest BCUT2D eigenvalue weighted by molar-refractivity contribution is -0.0688. The van der Waals surface area contributed by atoms with Gasteiger partial charge >= 0.3 is 0 Å². The normalized spacial score (nSPS) is 31.4. The molecule has 1 unspecified atom stereocenters. The molecule has 1 amide bonds. The van der Waals surface area contributed by atoms with Crippen LogP contribution in [-0.4, -0.2) is 21.7 Å². The van der Waals surface area contributed by atoms with Gasteiger partial charge in [0.1, 0.15) is 0 Å². The maximum Gasteiger partial charge on any atom is 0.274 e. The summed E-state index contributed by atoms with van der Waals surface area (Å²) in [4.78, 5) is 26.1. The van der Waals surface area contributed by atoms with Gasteiger partial charge in [-0.25, -0.2) is 4.68 Å². The zero-order chi connectivity index (χ0) is 20.3. The lowest BCUT2D eigenvalue weighted by Crippen LogP contribution is -2.56. The molecule has 0 saturated heterocycles. The first kappa shape index (κ1) is 18.8. The number of fused-ring (bicyclic) bond motifs is 1. The van der Waals surface area contributed by atoms with Gasteiger partial charge in [-0.2, -0.15) is 5.10 Å². The molecule has 2 aromatic rings. The molecule has 4 fully saturated rings. The molecule has 0 radical (unpaired) electrons. The minimum absolute atomic E-state index is 0.0979. The van der Waals surface area contributed by atoms with Crippen molar-refractivity contribution in [2.45, 2.75) is 71.4 Å². The summed E-state index contributed by atoms with van der Waals surface area (Å²) in [7, 11) is 0. The van der Waals surface area contributed by atoms with Crippen molar-refractivity contribution in [3.63, 3.8) is 0 Å². The van der Waals surface area contributed by atoms with E-state index in [0.29, 0.717) is 16.5 Å². The van der Waals surface area contributed by atoms with Gasteiger partial charge in [0.2, 0.25) is 0 Å². The largest absolute Gasteiger partial charge is 0.348 e. The maximum atomic E-state index is 13.4. The highest BCUT2D eigenvalue weighted by Gasteiger charge is 2.53. The number of aromatic nitrogens is 2. The van der Waals surface area contributed by atoms with Gasteiger partial charge in [0.05, 0.1) is 11.4 Å². The van der Waals surface area contributed by atoms with Gasteiger partial charge in [0, 0.05) is 11.4 Å². The molecular weight excluding hydrogens is 362 g/mol. The lowest BCUT2D eigenvalue weighted by Gasteiger charge is -2.59. The third-order valence-electron chi connectivity index (χ3n) is 7.88. The van der Waals surface area contributed by atoms with Crippen molar-refractivity contribution in [1.29, 1.82) is 0 Å². The number of hydrogen-bond acceptors (Lipinski definition) is 3. The van der Waals surface area contributed by atoms with Crippen LogP contribution < -0.4 is 10.9 Å². The van der Waals surface area contributed by atoms with Crippen LogP contribution in [0.1, 0.15) is 75.8 Å². The number of nitrogens with one attached hydrogen (secondary N) is 1. The maximum absolute atomic E-state index is 13.4. The van der Waals surface area contributed by atoms with Gasteiger partial charge in [0.25, 0.3) is 11.5 Å². The van der Waals surface area contributed by atoms with Crippen molar-refractivity contribution in [1.82, 2.24) is 15.1 Å². The molecule has 1 atom stereocenters. The molecule has 1 N–H and O–H groups in total. The van der Waals surface area contributed by atoms with Crippen LogP contribution >= 0.6 is 0 Å². The van der Waals surface area contributed by atoms with Crippen LogP contribution in [0.15, 0.2) is 29.1 Å². The van der Waals surface area contributed by atoms with Crippen LogP contribution in [0.2, 0.25) is 0 Å². The molecule has 29 heavy (non-hydrogen) atoms. The van der Waals surface area contributed by atoms with E-state index in [-0.39, 0.29) is 29.0 Å². The Labute approximate surface area is 171 Å². The molecule has 4 saturated carbocycles. The Morgan fingerprint density at radius 2 is 1.59 bits per heavy atom. The van der Waals surface area contributed by atoms with E-state index in [1.54, 1.807) is 6.07 Å². The van der Waals surface area contributed by atoms with E-state index in [1.165, 1.54) is 43.2 Å². The number of nitrogens with zero attached hydrogens (tertiary/aromatic N) is 2. The van der Waals surface area contributed by atoms with Crippen LogP contribution in [0.5, 0.6) is 0 Å². The van der Waals surface area contributed by atoms with Gasteiger partial charge in [-0.3, -0.25) is 9.59 Å². The van der Waals surface area contributed by atoms with Crippen molar-refractivity contribution >= 4 is 16.7 Å². The molecular formula is C24H31N3O2. The zero-order valence-corrected chi connectivity index (χ0v) is 17.6. The fourth-order valence-electron chi connectivity index (χ4n) is 6.85. The smallest absolute Gasteiger partial charge is 0.274 e. The van der Waals surface area contributed by atoms with E-state index in [4.69, 9.17) is 0 Å². The third kappa shape index (κ3) is 3.01. The molecule has 4 aliphatic rings. The summed E-state index contributed by atoms with van der Waals surface area (Å²) in [5.74, 6) is 2.39. The van der Waals surface area contributed by atoms with Crippen molar-refractivity contribution < 1.29 is 4.79 Å². The first-order valence-corrected chi connectivity index (χ1v) is 11.2. The van der Waals surface area contributed by atoms with Crippen molar-refractivity contribution in [2.24, 2.45) is 23.2 Å². The summed E-state index contributed by atoms with van der Waals surface area (Å²) in [6.45, 7) is 6.03. The van der Waals surface area contributed by atoms with Crippen LogP contribution in [0.4, 0.5) is 0 Å². The summed E-state index contributed by atoms with van der Waals surface area (Å²) in [5.41, 5.74) is 0.471. The summed E-state index contributed by atoms with van der Waals surface area (Å²) in [5, 5.41) is 9.01. The Kier molecular flexibility index (Phi) is 4.34. The minimum atomic E-state index is -0.154. The summed E-state index contributed by atoms with van der Waals surface area (Å²) < 4.78 is 1.44. The van der Waals surface area contributed by atoms with Crippen molar-refractivity contribution in [2.75, 3.05) is 0 Å². The fraction of sp³-hybridized carbons (Fsp3) is 0.625. The Morgan fingerprint density at radius 1 is 1.03 bits per heavy atom.